The van der Waals surface area contributed by atoms with Crippen molar-refractivity contribution in [2.45, 2.75) is 46.0 Å². The molecule has 0 aliphatic heterocycles. The third-order valence-corrected chi connectivity index (χ3v) is 5.47. The number of fused-ring (bicyclic) bond motifs is 1. The van der Waals surface area contributed by atoms with Crippen LogP contribution in [0.1, 0.15) is 43.2 Å². The molecule has 0 bridgehead atoms. The Morgan fingerprint density at radius 3 is 2.63 bits per heavy atom. The van der Waals surface area contributed by atoms with Crippen LogP contribution in [0.15, 0.2) is 37.9 Å². The van der Waals surface area contributed by atoms with Crippen molar-refractivity contribution in [2.24, 2.45) is 5.92 Å². The Morgan fingerprint density at radius 2 is 1.85 bits per heavy atom. The largest absolute Gasteiger partial charge is 0.507 e. The zero-order chi connectivity index (χ0) is 19.0. The smallest absolute Gasteiger partial charge is 0.343 e. The molecule has 142 valence electrons. The van der Waals surface area contributed by atoms with E-state index in [9.17, 15) is 9.90 Å². The summed E-state index contributed by atoms with van der Waals surface area (Å²) in [7, 11) is 0. The number of rotatable bonds is 4. The van der Waals surface area contributed by atoms with Gasteiger partial charge in [0.2, 0.25) is 0 Å². The first-order valence-corrected chi connectivity index (χ1v) is 9.53. The van der Waals surface area contributed by atoms with Crippen molar-refractivity contribution in [3.8, 4) is 23.0 Å². The SMILES string of the molecule is Cc1c(-c2cc3cc(OCC4CCCCC4)ccc3o2)oc(=O)c(C)c1O. The van der Waals surface area contributed by atoms with Gasteiger partial charge in [0.25, 0.3) is 0 Å². The van der Waals surface area contributed by atoms with Gasteiger partial charge in [0.1, 0.15) is 17.1 Å². The molecule has 1 saturated carbocycles. The van der Waals surface area contributed by atoms with Crippen molar-refractivity contribution < 1.29 is 18.7 Å². The van der Waals surface area contributed by atoms with E-state index in [0.29, 0.717) is 22.8 Å². The Hall–Kier alpha value is -2.69. The van der Waals surface area contributed by atoms with Gasteiger partial charge < -0.3 is 18.7 Å². The van der Waals surface area contributed by atoms with Crippen molar-refractivity contribution in [1.29, 1.82) is 0 Å². The van der Waals surface area contributed by atoms with Gasteiger partial charge in [-0.05, 0) is 56.9 Å². The molecule has 5 heteroatoms. The van der Waals surface area contributed by atoms with E-state index in [1.165, 1.54) is 39.0 Å². The molecule has 0 amide bonds. The van der Waals surface area contributed by atoms with Crippen LogP contribution in [0.5, 0.6) is 11.5 Å². The molecule has 0 saturated heterocycles. The van der Waals surface area contributed by atoms with E-state index in [1.807, 2.05) is 24.3 Å². The van der Waals surface area contributed by atoms with Crippen LogP contribution in [-0.2, 0) is 0 Å². The quantitative estimate of drug-likeness (QED) is 0.673. The van der Waals surface area contributed by atoms with E-state index in [0.717, 1.165) is 17.7 Å². The molecule has 27 heavy (non-hydrogen) atoms. The first kappa shape index (κ1) is 17.7. The maximum absolute atomic E-state index is 11.9. The Bertz CT molecular complexity index is 1020. The molecule has 5 nitrogen and oxygen atoms in total. The lowest BCUT2D eigenvalue weighted by Gasteiger charge is -2.21. The van der Waals surface area contributed by atoms with E-state index >= 15 is 0 Å². The molecule has 0 unspecified atom stereocenters. The number of benzene rings is 1. The van der Waals surface area contributed by atoms with Crippen LogP contribution < -0.4 is 10.4 Å². The molecule has 1 aliphatic rings. The Balaban J connectivity index is 1.60. The predicted molar refractivity (Wildman–Crippen MR) is 103 cm³/mol. The number of hydrogen-bond donors (Lipinski definition) is 1. The summed E-state index contributed by atoms with van der Waals surface area (Å²) < 4.78 is 17.2. The fourth-order valence-corrected chi connectivity index (χ4v) is 3.76. The second-order valence-corrected chi connectivity index (χ2v) is 7.44. The summed E-state index contributed by atoms with van der Waals surface area (Å²) in [5.41, 5.74) is 0.799. The highest BCUT2D eigenvalue weighted by Gasteiger charge is 2.19. The van der Waals surface area contributed by atoms with E-state index in [-0.39, 0.29) is 17.1 Å². The summed E-state index contributed by atoms with van der Waals surface area (Å²) in [5.74, 6) is 2.06. The van der Waals surface area contributed by atoms with Crippen molar-refractivity contribution >= 4 is 11.0 Å². The monoisotopic (exact) mass is 368 g/mol. The lowest BCUT2D eigenvalue weighted by atomic mass is 9.90. The first-order valence-electron chi connectivity index (χ1n) is 9.53. The normalized spacial score (nSPS) is 15.3. The number of hydrogen-bond acceptors (Lipinski definition) is 5. The Labute approximate surface area is 157 Å². The molecule has 2 heterocycles. The van der Waals surface area contributed by atoms with Gasteiger partial charge in [-0.3, -0.25) is 0 Å². The van der Waals surface area contributed by atoms with Crippen LogP contribution in [0.2, 0.25) is 0 Å². The van der Waals surface area contributed by atoms with Gasteiger partial charge in [0.15, 0.2) is 11.5 Å². The molecule has 4 rings (SSSR count). The Kier molecular flexibility index (Phi) is 4.68. The van der Waals surface area contributed by atoms with Crippen molar-refractivity contribution in [3.63, 3.8) is 0 Å². The van der Waals surface area contributed by atoms with Gasteiger partial charge >= 0.3 is 5.63 Å². The third kappa shape index (κ3) is 3.46. The van der Waals surface area contributed by atoms with Crippen molar-refractivity contribution in [2.75, 3.05) is 6.61 Å². The molecule has 1 aliphatic carbocycles. The van der Waals surface area contributed by atoms with Gasteiger partial charge in [-0.25, -0.2) is 4.79 Å². The van der Waals surface area contributed by atoms with Gasteiger partial charge in [-0.2, -0.15) is 0 Å². The molecule has 1 fully saturated rings. The predicted octanol–water partition coefficient (Wildman–Crippen LogP) is 5.33. The van der Waals surface area contributed by atoms with Crippen LogP contribution >= 0.6 is 0 Å². The van der Waals surface area contributed by atoms with Gasteiger partial charge in [-0.15, -0.1) is 0 Å². The van der Waals surface area contributed by atoms with Crippen LogP contribution in [0.3, 0.4) is 0 Å². The molecule has 0 radical (unpaired) electrons. The summed E-state index contributed by atoms with van der Waals surface area (Å²) in [4.78, 5) is 11.9. The zero-order valence-corrected chi connectivity index (χ0v) is 15.7. The molecule has 3 aromatic rings. The maximum Gasteiger partial charge on any atom is 0.343 e. The molecule has 2 aromatic heterocycles. The second-order valence-electron chi connectivity index (χ2n) is 7.44. The zero-order valence-electron chi connectivity index (χ0n) is 15.7. The van der Waals surface area contributed by atoms with Crippen molar-refractivity contribution in [1.82, 2.24) is 0 Å². The van der Waals surface area contributed by atoms with Gasteiger partial charge in [0.05, 0.1) is 12.2 Å². The van der Waals surface area contributed by atoms with E-state index in [4.69, 9.17) is 13.6 Å². The van der Waals surface area contributed by atoms with Gasteiger partial charge in [-0.1, -0.05) is 19.3 Å². The van der Waals surface area contributed by atoms with Crippen LogP contribution in [0, 0.1) is 19.8 Å². The summed E-state index contributed by atoms with van der Waals surface area (Å²) in [6.45, 7) is 3.98. The topological polar surface area (TPSA) is 72.8 Å². The maximum atomic E-state index is 11.9. The minimum absolute atomic E-state index is 0.0572. The molecule has 1 aromatic carbocycles. The molecular formula is C22H24O5. The van der Waals surface area contributed by atoms with Gasteiger partial charge in [0, 0.05) is 10.9 Å². The highest BCUT2D eigenvalue weighted by molar-refractivity contribution is 5.84. The molecule has 0 atom stereocenters. The average molecular weight is 368 g/mol. The number of ether oxygens (including phenoxy) is 1. The van der Waals surface area contributed by atoms with E-state index in [1.54, 1.807) is 6.92 Å². The van der Waals surface area contributed by atoms with E-state index in [2.05, 4.69) is 0 Å². The summed E-state index contributed by atoms with van der Waals surface area (Å²) in [5, 5.41) is 11.0. The molecular weight excluding hydrogens is 344 g/mol. The van der Waals surface area contributed by atoms with Crippen LogP contribution in [-0.4, -0.2) is 11.7 Å². The average Bonchev–Trinajstić information content (AvgIpc) is 3.11. The number of furan rings is 1. The second kappa shape index (κ2) is 7.14. The minimum atomic E-state index is -0.565. The fourth-order valence-electron chi connectivity index (χ4n) is 3.76. The summed E-state index contributed by atoms with van der Waals surface area (Å²) in [6.07, 6.45) is 6.42. The van der Waals surface area contributed by atoms with E-state index < -0.39 is 5.63 Å². The molecule has 1 N–H and O–H groups in total. The Morgan fingerprint density at radius 1 is 1.07 bits per heavy atom. The third-order valence-electron chi connectivity index (χ3n) is 5.47. The van der Waals surface area contributed by atoms with Crippen LogP contribution in [0.25, 0.3) is 22.5 Å². The lowest BCUT2D eigenvalue weighted by Crippen LogP contribution is -2.15. The summed E-state index contributed by atoms with van der Waals surface area (Å²) >= 11 is 0. The fraction of sp³-hybridized carbons (Fsp3) is 0.409. The first-order chi connectivity index (χ1) is 13.0. The lowest BCUT2D eigenvalue weighted by molar-refractivity contribution is 0.209. The summed E-state index contributed by atoms with van der Waals surface area (Å²) in [6, 6.07) is 7.50. The molecule has 0 spiro atoms. The number of aromatic hydroxyl groups is 1. The van der Waals surface area contributed by atoms with Crippen LogP contribution in [0.4, 0.5) is 0 Å². The minimum Gasteiger partial charge on any atom is -0.507 e. The van der Waals surface area contributed by atoms with Crippen molar-refractivity contribution in [3.05, 3.63) is 45.8 Å². The highest BCUT2D eigenvalue weighted by atomic mass is 16.5. The highest BCUT2D eigenvalue weighted by Crippen LogP contribution is 2.35. The standard InChI is InChI=1S/C22H24O5/c1-13-20(23)14(2)22(24)27-21(13)19-11-16-10-17(8-9-18(16)26-19)25-12-15-6-4-3-5-7-15/h8-11,15,23H,3-7,12H2,1-2H3.